The van der Waals surface area contributed by atoms with E-state index in [4.69, 9.17) is 0 Å². The topological polar surface area (TPSA) is 105 Å². The SMILES string of the molecule is CCN(CC)S(=O)(=O)c1ccc(CCNC(=NC)NCc2ncnn2C)s1. The zero-order chi connectivity index (χ0) is 19.9. The molecule has 0 aromatic carbocycles. The first-order chi connectivity index (χ1) is 12.9. The van der Waals surface area contributed by atoms with E-state index in [1.165, 1.54) is 22.0 Å². The molecule has 2 aromatic rings. The van der Waals surface area contributed by atoms with Crippen LogP contribution in [0.15, 0.2) is 27.7 Å². The summed E-state index contributed by atoms with van der Waals surface area (Å²) < 4.78 is 28.6. The molecule has 0 atom stereocenters. The van der Waals surface area contributed by atoms with Crippen molar-refractivity contribution in [2.24, 2.45) is 12.0 Å². The molecule has 0 saturated carbocycles. The molecule has 0 amide bonds. The maximum atomic E-state index is 12.5. The van der Waals surface area contributed by atoms with Crippen molar-refractivity contribution < 1.29 is 8.42 Å². The Morgan fingerprint density at radius 3 is 2.63 bits per heavy atom. The lowest BCUT2D eigenvalue weighted by Gasteiger charge is -2.16. The van der Waals surface area contributed by atoms with Gasteiger partial charge in [0, 0.05) is 38.6 Å². The van der Waals surface area contributed by atoms with Gasteiger partial charge in [0.2, 0.25) is 0 Å². The maximum absolute atomic E-state index is 12.5. The van der Waals surface area contributed by atoms with E-state index in [0.717, 1.165) is 10.7 Å². The predicted molar refractivity (Wildman–Crippen MR) is 107 cm³/mol. The van der Waals surface area contributed by atoms with Crippen LogP contribution in [-0.2, 0) is 30.0 Å². The first kappa shape index (κ1) is 21.3. The molecule has 2 aromatic heterocycles. The van der Waals surface area contributed by atoms with E-state index < -0.39 is 10.0 Å². The van der Waals surface area contributed by atoms with Crippen LogP contribution in [0.4, 0.5) is 0 Å². The molecule has 2 rings (SSSR count). The van der Waals surface area contributed by atoms with E-state index in [9.17, 15) is 8.42 Å². The van der Waals surface area contributed by atoms with Gasteiger partial charge < -0.3 is 10.6 Å². The van der Waals surface area contributed by atoms with E-state index in [1.807, 2.05) is 27.0 Å². The number of hydrogen-bond donors (Lipinski definition) is 2. The molecular formula is C16H27N7O2S2. The minimum atomic E-state index is -3.38. The van der Waals surface area contributed by atoms with Crippen molar-refractivity contribution in [3.63, 3.8) is 0 Å². The molecule has 0 bridgehead atoms. The Labute approximate surface area is 164 Å². The van der Waals surface area contributed by atoms with E-state index in [0.29, 0.717) is 42.8 Å². The molecule has 0 aliphatic carbocycles. The molecule has 2 heterocycles. The minimum Gasteiger partial charge on any atom is -0.356 e. The van der Waals surface area contributed by atoms with Gasteiger partial charge in [0.1, 0.15) is 16.4 Å². The molecule has 2 N–H and O–H groups in total. The average Bonchev–Trinajstić information content (AvgIpc) is 3.28. The van der Waals surface area contributed by atoms with Crippen LogP contribution in [0.1, 0.15) is 24.5 Å². The average molecular weight is 414 g/mol. The highest BCUT2D eigenvalue weighted by Gasteiger charge is 2.23. The predicted octanol–water partition coefficient (Wildman–Crippen LogP) is 0.815. The quantitative estimate of drug-likeness (QED) is 0.466. The van der Waals surface area contributed by atoms with Gasteiger partial charge in [0.15, 0.2) is 5.96 Å². The second-order valence-corrected chi connectivity index (χ2v) is 9.05. The Balaban J connectivity index is 1.86. The Morgan fingerprint density at radius 1 is 1.30 bits per heavy atom. The van der Waals surface area contributed by atoms with Crippen molar-refractivity contribution >= 4 is 27.3 Å². The molecule has 9 nitrogen and oxygen atoms in total. The van der Waals surface area contributed by atoms with Crippen molar-refractivity contribution in [2.45, 2.75) is 31.0 Å². The summed E-state index contributed by atoms with van der Waals surface area (Å²) >= 11 is 1.32. The number of nitrogens with zero attached hydrogens (tertiary/aromatic N) is 5. The molecule has 0 spiro atoms. The monoisotopic (exact) mass is 413 g/mol. The van der Waals surface area contributed by atoms with E-state index in [1.54, 1.807) is 17.8 Å². The second kappa shape index (κ2) is 9.81. The number of nitrogens with one attached hydrogen (secondary N) is 2. The summed E-state index contributed by atoms with van der Waals surface area (Å²) in [5, 5.41) is 10.4. The zero-order valence-corrected chi connectivity index (χ0v) is 17.8. The van der Waals surface area contributed by atoms with E-state index in [2.05, 4.69) is 25.7 Å². The third kappa shape index (κ3) is 5.50. The van der Waals surface area contributed by atoms with Gasteiger partial charge in [-0.1, -0.05) is 13.8 Å². The highest BCUT2D eigenvalue weighted by molar-refractivity contribution is 7.91. The Morgan fingerprint density at radius 2 is 2.04 bits per heavy atom. The third-order valence-electron chi connectivity index (χ3n) is 4.04. The van der Waals surface area contributed by atoms with Crippen molar-refractivity contribution in [1.29, 1.82) is 0 Å². The number of sulfonamides is 1. The highest BCUT2D eigenvalue weighted by Crippen LogP contribution is 2.25. The van der Waals surface area contributed by atoms with Crippen LogP contribution in [0.5, 0.6) is 0 Å². The number of aryl methyl sites for hydroxylation is 1. The molecule has 0 radical (unpaired) electrons. The van der Waals surface area contributed by atoms with Crippen LogP contribution in [0.3, 0.4) is 0 Å². The molecule has 27 heavy (non-hydrogen) atoms. The van der Waals surface area contributed by atoms with Crippen LogP contribution in [0.25, 0.3) is 0 Å². The van der Waals surface area contributed by atoms with Crippen molar-refractivity contribution in [3.8, 4) is 0 Å². The standard InChI is InChI=1S/C16H27N7O2S2/c1-5-23(6-2)27(24,25)15-8-7-13(26-15)9-10-18-16(17-3)19-11-14-20-12-21-22(14)4/h7-8,12H,5-6,9-11H2,1-4H3,(H2,17,18,19). The minimum absolute atomic E-state index is 0.394. The molecule has 11 heteroatoms. The summed E-state index contributed by atoms with van der Waals surface area (Å²) in [6.07, 6.45) is 2.22. The Kier molecular flexibility index (Phi) is 7.75. The number of thiophene rings is 1. The molecule has 0 saturated heterocycles. The van der Waals surface area contributed by atoms with E-state index >= 15 is 0 Å². The molecular weight excluding hydrogens is 386 g/mol. The molecule has 0 unspecified atom stereocenters. The second-order valence-electron chi connectivity index (χ2n) is 5.71. The maximum Gasteiger partial charge on any atom is 0.252 e. The summed E-state index contributed by atoms with van der Waals surface area (Å²) in [6, 6.07) is 3.56. The smallest absolute Gasteiger partial charge is 0.252 e. The van der Waals surface area contributed by atoms with Gasteiger partial charge in [-0.05, 0) is 18.6 Å². The van der Waals surface area contributed by atoms with E-state index in [-0.39, 0.29) is 0 Å². The molecule has 0 aliphatic heterocycles. The van der Waals surface area contributed by atoms with Gasteiger partial charge in [-0.2, -0.15) is 9.40 Å². The normalized spacial score (nSPS) is 12.6. The van der Waals surface area contributed by atoms with Crippen LogP contribution in [-0.4, -0.2) is 60.1 Å². The number of aliphatic imine (C=N–C) groups is 1. The lowest BCUT2D eigenvalue weighted by atomic mass is 10.3. The van der Waals surface area contributed by atoms with Crippen molar-refractivity contribution in [3.05, 3.63) is 29.2 Å². The first-order valence-corrected chi connectivity index (χ1v) is 11.0. The van der Waals surface area contributed by atoms with Crippen molar-refractivity contribution in [2.75, 3.05) is 26.7 Å². The van der Waals surface area contributed by atoms with Gasteiger partial charge >= 0.3 is 0 Å². The Hall–Kier alpha value is -1.98. The molecule has 0 fully saturated rings. The number of aromatic nitrogens is 3. The van der Waals surface area contributed by atoms with Gasteiger partial charge in [-0.25, -0.2) is 13.4 Å². The van der Waals surface area contributed by atoms with Crippen LogP contribution >= 0.6 is 11.3 Å². The van der Waals surface area contributed by atoms with Gasteiger partial charge in [0.05, 0.1) is 6.54 Å². The first-order valence-electron chi connectivity index (χ1n) is 8.78. The lowest BCUT2D eigenvalue weighted by Crippen LogP contribution is -2.38. The molecule has 150 valence electrons. The van der Waals surface area contributed by atoms with Crippen molar-refractivity contribution in [1.82, 2.24) is 29.7 Å². The van der Waals surface area contributed by atoms with Gasteiger partial charge in [-0.3, -0.25) is 9.67 Å². The summed E-state index contributed by atoms with van der Waals surface area (Å²) in [6.45, 7) is 5.80. The fraction of sp³-hybridized carbons (Fsp3) is 0.562. The van der Waals surface area contributed by atoms with Crippen LogP contribution < -0.4 is 10.6 Å². The summed E-state index contributed by atoms with van der Waals surface area (Å²) in [5.74, 6) is 1.47. The summed E-state index contributed by atoms with van der Waals surface area (Å²) in [7, 11) is 0.150. The van der Waals surface area contributed by atoms with Crippen LogP contribution in [0, 0.1) is 0 Å². The fourth-order valence-electron chi connectivity index (χ4n) is 2.49. The summed E-state index contributed by atoms with van der Waals surface area (Å²) in [5.41, 5.74) is 0. The zero-order valence-electron chi connectivity index (χ0n) is 16.1. The van der Waals surface area contributed by atoms with Gasteiger partial charge in [-0.15, -0.1) is 11.3 Å². The van der Waals surface area contributed by atoms with Crippen LogP contribution in [0.2, 0.25) is 0 Å². The number of guanidine groups is 1. The molecule has 0 aliphatic rings. The third-order valence-corrected chi connectivity index (χ3v) is 7.71. The Bertz CT molecular complexity index is 854. The highest BCUT2D eigenvalue weighted by atomic mass is 32.2. The number of hydrogen-bond acceptors (Lipinski definition) is 6. The summed E-state index contributed by atoms with van der Waals surface area (Å²) in [4.78, 5) is 9.34. The number of rotatable bonds is 9. The fourth-order valence-corrected chi connectivity index (χ4v) is 5.46. The van der Waals surface area contributed by atoms with Gasteiger partial charge in [0.25, 0.3) is 10.0 Å². The largest absolute Gasteiger partial charge is 0.356 e. The lowest BCUT2D eigenvalue weighted by molar-refractivity contribution is 0.447.